The van der Waals surface area contributed by atoms with Crippen LogP contribution in [0.2, 0.25) is 0 Å². The van der Waals surface area contributed by atoms with Crippen LogP contribution in [0.15, 0.2) is 24.3 Å². The second kappa shape index (κ2) is 8.81. The summed E-state index contributed by atoms with van der Waals surface area (Å²) in [6.45, 7) is 0.969. The summed E-state index contributed by atoms with van der Waals surface area (Å²) in [6, 6.07) is 5.11. The predicted molar refractivity (Wildman–Crippen MR) is 73.7 cm³/mol. The van der Waals surface area contributed by atoms with Gasteiger partial charge in [-0.3, -0.25) is 4.79 Å². The fourth-order valence-electron chi connectivity index (χ4n) is 1.68. The summed E-state index contributed by atoms with van der Waals surface area (Å²) in [5, 5.41) is 2.58. The van der Waals surface area contributed by atoms with E-state index in [2.05, 4.69) is 5.32 Å². The van der Waals surface area contributed by atoms with Crippen molar-refractivity contribution in [2.45, 2.75) is 25.4 Å². The van der Waals surface area contributed by atoms with Crippen molar-refractivity contribution >= 4 is 18.3 Å². The van der Waals surface area contributed by atoms with Crippen LogP contribution in [-0.4, -0.2) is 19.0 Å². The van der Waals surface area contributed by atoms with E-state index in [1.165, 1.54) is 18.2 Å². The summed E-state index contributed by atoms with van der Waals surface area (Å²) in [7, 11) is 0. The second-order valence-electron chi connectivity index (χ2n) is 4.18. The molecule has 0 saturated carbocycles. The highest BCUT2D eigenvalue weighted by Crippen LogP contribution is 2.31. The van der Waals surface area contributed by atoms with E-state index in [0.717, 1.165) is 18.9 Å². The van der Waals surface area contributed by atoms with E-state index in [0.29, 0.717) is 13.1 Å². The highest BCUT2D eigenvalue weighted by molar-refractivity contribution is 5.85. The summed E-state index contributed by atoms with van der Waals surface area (Å²) in [6.07, 6.45) is -3.20. The molecule has 3 N–H and O–H groups in total. The third-order valence-corrected chi connectivity index (χ3v) is 2.63. The molecular weight excluding hydrogens is 293 g/mol. The molecule has 3 nitrogen and oxygen atoms in total. The van der Waals surface area contributed by atoms with Gasteiger partial charge in [0.1, 0.15) is 0 Å². The molecule has 1 amide bonds. The van der Waals surface area contributed by atoms with Gasteiger partial charge in [0, 0.05) is 6.54 Å². The Balaban J connectivity index is 0.00000361. The number of amides is 1. The van der Waals surface area contributed by atoms with E-state index in [1.807, 2.05) is 0 Å². The molecule has 114 valence electrons. The van der Waals surface area contributed by atoms with Crippen LogP contribution in [0.25, 0.3) is 0 Å². The van der Waals surface area contributed by atoms with Crippen LogP contribution in [0, 0.1) is 0 Å². The van der Waals surface area contributed by atoms with Crippen LogP contribution < -0.4 is 11.1 Å². The van der Waals surface area contributed by atoms with Crippen molar-refractivity contribution in [1.29, 1.82) is 0 Å². The monoisotopic (exact) mass is 310 g/mol. The number of nitrogens with one attached hydrogen (secondary N) is 1. The molecule has 0 aliphatic rings. The Labute approximate surface area is 122 Å². The molecule has 0 unspecified atom stereocenters. The maximum absolute atomic E-state index is 12.7. The van der Waals surface area contributed by atoms with Crippen LogP contribution in [-0.2, 0) is 17.4 Å². The quantitative estimate of drug-likeness (QED) is 0.793. The molecule has 1 aromatic carbocycles. The number of rotatable bonds is 6. The third-order valence-electron chi connectivity index (χ3n) is 2.63. The smallest absolute Gasteiger partial charge is 0.356 e. The van der Waals surface area contributed by atoms with E-state index >= 15 is 0 Å². The van der Waals surface area contributed by atoms with Crippen LogP contribution in [0.3, 0.4) is 0 Å². The SMILES string of the molecule is Cl.NCCCCNC(=O)Cc1ccccc1C(F)(F)F. The number of benzene rings is 1. The van der Waals surface area contributed by atoms with Gasteiger partial charge in [-0.1, -0.05) is 18.2 Å². The molecule has 1 rings (SSSR count). The lowest BCUT2D eigenvalue weighted by molar-refractivity contribution is -0.138. The number of carbonyl (C=O) groups is 1. The van der Waals surface area contributed by atoms with Gasteiger partial charge in [0.25, 0.3) is 0 Å². The Hall–Kier alpha value is -1.27. The number of carbonyl (C=O) groups excluding carboxylic acids is 1. The number of unbranched alkanes of at least 4 members (excludes halogenated alkanes) is 1. The Morgan fingerprint density at radius 3 is 2.45 bits per heavy atom. The lowest BCUT2D eigenvalue weighted by Gasteiger charge is -2.12. The van der Waals surface area contributed by atoms with Crippen LogP contribution in [0.4, 0.5) is 13.2 Å². The molecule has 0 aliphatic carbocycles. The van der Waals surface area contributed by atoms with E-state index in [1.54, 1.807) is 0 Å². The number of hydrogen-bond acceptors (Lipinski definition) is 2. The van der Waals surface area contributed by atoms with E-state index in [-0.39, 0.29) is 24.4 Å². The Morgan fingerprint density at radius 2 is 1.85 bits per heavy atom. The molecule has 7 heteroatoms. The summed E-state index contributed by atoms with van der Waals surface area (Å²) in [5.41, 5.74) is 4.53. The van der Waals surface area contributed by atoms with Crippen molar-refractivity contribution in [2.24, 2.45) is 5.73 Å². The maximum Gasteiger partial charge on any atom is 0.416 e. The fourth-order valence-corrected chi connectivity index (χ4v) is 1.68. The van der Waals surface area contributed by atoms with Gasteiger partial charge < -0.3 is 11.1 Å². The minimum atomic E-state index is -4.43. The minimum Gasteiger partial charge on any atom is -0.356 e. The highest BCUT2D eigenvalue weighted by atomic mass is 35.5. The van der Waals surface area contributed by atoms with Crippen molar-refractivity contribution in [3.05, 3.63) is 35.4 Å². The average molecular weight is 311 g/mol. The van der Waals surface area contributed by atoms with Gasteiger partial charge in [-0.25, -0.2) is 0 Å². The number of alkyl halides is 3. The van der Waals surface area contributed by atoms with Gasteiger partial charge in [-0.15, -0.1) is 12.4 Å². The third kappa shape index (κ3) is 6.25. The molecule has 0 atom stereocenters. The van der Waals surface area contributed by atoms with Crippen molar-refractivity contribution in [2.75, 3.05) is 13.1 Å². The first-order valence-electron chi connectivity index (χ1n) is 6.07. The van der Waals surface area contributed by atoms with E-state index in [4.69, 9.17) is 5.73 Å². The van der Waals surface area contributed by atoms with Gasteiger partial charge in [0.05, 0.1) is 12.0 Å². The van der Waals surface area contributed by atoms with Gasteiger partial charge in [0.2, 0.25) is 5.91 Å². The van der Waals surface area contributed by atoms with Gasteiger partial charge in [0.15, 0.2) is 0 Å². The lowest BCUT2D eigenvalue weighted by atomic mass is 10.0. The molecular formula is C13H18ClF3N2O. The molecule has 0 spiro atoms. The van der Waals surface area contributed by atoms with Crippen molar-refractivity contribution in [1.82, 2.24) is 5.32 Å². The Kier molecular flexibility index (Phi) is 8.25. The zero-order valence-corrected chi connectivity index (χ0v) is 11.7. The lowest BCUT2D eigenvalue weighted by Crippen LogP contribution is -2.27. The predicted octanol–water partition coefficient (Wildman–Crippen LogP) is 2.52. The maximum atomic E-state index is 12.7. The first-order valence-corrected chi connectivity index (χ1v) is 6.07. The number of hydrogen-bond donors (Lipinski definition) is 2. The Bertz CT molecular complexity index is 424. The van der Waals surface area contributed by atoms with E-state index < -0.39 is 17.6 Å². The van der Waals surface area contributed by atoms with Crippen LogP contribution in [0.1, 0.15) is 24.0 Å². The second-order valence-corrected chi connectivity index (χ2v) is 4.18. The van der Waals surface area contributed by atoms with Gasteiger partial charge >= 0.3 is 6.18 Å². The highest BCUT2D eigenvalue weighted by Gasteiger charge is 2.33. The molecule has 0 heterocycles. The molecule has 0 aliphatic heterocycles. The number of halogens is 4. The summed E-state index contributed by atoms with van der Waals surface area (Å²) in [4.78, 5) is 11.5. The van der Waals surface area contributed by atoms with Gasteiger partial charge in [-0.2, -0.15) is 13.2 Å². The zero-order chi connectivity index (χ0) is 14.3. The number of nitrogens with two attached hydrogens (primary N) is 1. The average Bonchev–Trinajstić information content (AvgIpc) is 2.34. The first-order chi connectivity index (χ1) is 8.95. The molecule has 1 aromatic rings. The molecule has 20 heavy (non-hydrogen) atoms. The van der Waals surface area contributed by atoms with Gasteiger partial charge in [-0.05, 0) is 31.0 Å². The van der Waals surface area contributed by atoms with Crippen molar-refractivity contribution < 1.29 is 18.0 Å². The normalized spacial score (nSPS) is 10.8. The first kappa shape index (κ1) is 18.7. The van der Waals surface area contributed by atoms with E-state index in [9.17, 15) is 18.0 Å². The zero-order valence-electron chi connectivity index (χ0n) is 10.9. The van der Waals surface area contributed by atoms with Crippen molar-refractivity contribution in [3.63, 3.8) is 0 Å². The summed E-state index contributed by atoms with van der Waals surface area (Å²) >= 11 is 0. The molecule has 0 saturated heterocycles. The molecule has 0 aromatic heterocycles. The Morgan fingerprint density at radius 1 is 1.20 bits per heavy atom. The van der Waals surface area contributed by atoms with Crippen LogP contribution in [0.5, 0.6) is 0 Å². The molecule has 0 radical (unpaired) electrons. The summed E-state index contributed by atoms with van der Waals surface area (Å²) in [5.74, 6) is -0.409. The summed E-state index contributed by atoms with van der Waals surface area (Å²) < 4.78 is 38.1. The molecule has 0 fully saturated rings. The van der Waals surface area contributed by atoms with Crippen LogP contribution >= 0.6 is 12.4 Å². The standard InChI is InChI=1S/C13H17F3N2O.ClH/c14-13(15,16)11-6-2-1-5-10(11)9-12(19)18-8-4-3-7-17;/h1-2,5-6H,3-4,7-9,17H2,(H,18,19);1H. The molecule has 0 bridgehead atoms. The minimum absolute atomic E-state index is 0. The topological polar surface area (TPSA) is 55.1 Å². The van der Waals surface area contributed by atoms with Crippen molar-refractivity contribution in [3.8, 4) is 0 Å². The fraction of sp³-hybridized carbons (Fsp3) is 0.462. The largest absolute Gasteiger partial charge is 0.416 e.